The van der Waals surface area contributed by atoms with Gasteiger partial charge >= 0.3 is 0 Å². The summed E-state index contributed by atoms with van der Waals surface area (Å²) < 4.78 is 32.0. The smallest absolute Gasteiger partial charge is 0.260 e. The second-order valence-electron chi connectivity index (χ2n) is 6.70. The van der Waals surface area contributed by atoms with Crippen LogP contribution in [0.4, 0.5) is 0 Å². The van der Waals surface area contributed by atoms with Crippen molar-refractivity contribution >= 4 is 21.8 Å². The zero-order valence-corrected chi connectivity index (χ0v) is 16.7. The summed E-state index contributed by atoms with van der Waals surface area (Å²) in [4.78, 5) is 25.0. The quantitative estimate of drug-likeness (QED) is 0.718. The van der Waals surface area contributed by atoms with Crippen LogP contribution in [0.5, 0.6) is 5.75 Å². The summed E-state index contributed by atoms with van der Waals surface area (Å²) >= 11 is 0. The van der Waals surface area contributed by atoms with E-state index >= 15 is 0 Å². The number of carbonyl (C=O) groups excluding carboxylic acids is 2. The van der Waals surface area contributed by atoms with Gasteiger partial charge in [0, 0.05) is 31.7 Å². The van der Waals surface area contributed by atoms with E-state index < -0.39 is 15.9 Å². The van der Waals surface area contributed by atoms with Crippen LogP contribution in [0.1, 0.15) is 15.9 Å². The molecule has 3 rings (SSSR count). The summed E-state index contributed by atoms with van der Waals surface area (Å²) in [6.45, 7) is 0.989. The average Bonchev–Trinajstić information content (AvgIpc) is 2.73. The summed E-state index contributed by atoms with van der Waals surface area (Å²) in [7, 11) is -3.43. The van der Waals surface area contributed by atoms with Gasteiger partial charge < -0.3 is 15.4 Å². The van der Waals surface area contributed by atoms with Crippen LogP contribution in [-0.4, -0.2) is 62.2 Å². The second-order valence-corrected chi connectivity index (χ2v) is 8.67. The maximum absolute atomic E-state index is 12.6. The third kappa shape index (κ3) is 5.55. The Balaban J connectivity index is 1.48. The summed E-state index contributed by atoms with van der Waals surface area (Å²) in [5, 5.41) is 0. The number of primary amides is 1. The highest BCUT2D eigenvalue weighted by Gasteiger charge is 2.29. The predicted octanol–water partition coefficient (Wildman–Crippen LogP) is 0.839. The van der Waals surface area contributed by atoms with Crippen LogP contribution < -0.4 is 10.5 Å². The molecule has 1 saturated heterocycles. The number of ether oxygens (including phenoxy) is 1. The third-order valence-corrected chi connectivity index (χ3v) is 6.53. The molecule has 1 heterocycles. The molecule has 0 aliphatic carbocycles. The molecule has 0 atom stereocenters. The van der Waals surface area contributed by atoms with Gasteiger partial charge in [-0.05, 0) is 29.8 Å². The number of sulfonamides is 1. The molecule has 9 heteroatoms. The monoisotopic (exact) mass is 417 g/mol. The van der Waals surface area contributed by atoms with Crippen LogP contribution in [0.25, 0.3) is 0 Å². The molecule has 2 aromatic carbocycles. The van der Waals surface area contributed by atoms with Crippen molar-refractivity contribution in [2.45, 2.75) is 5.75 Å². The van der Waals surface area contributed by atoms with Crippen LogP contribution in [0.15, 0.2) is 54.6 Å². The highest BCUT2D eigenvalue weighted by atomic mass is 32.2. The molecule has 2 N–H and O–H groups in total. The third-order valence-electron chi connectivity index (χ3n) is 4.68. The number of hydrogen-bond acceptors (Lipinski definition) is 5. The molecule has 8 nitrogen and oxygen atoms in total. The minimum absolute atomic E-state index is 0.0494. The maximum Gasteiger partial charge on any atom is 0.260 e. The summed E-state index contributed by atoms with van der Waals surface area (Å²) in [6.07, 6.45) is 0. The standard InChI is InChI=1S/C20H23N3O5S/c21-20(25)17-6-8-18(9-7-17)28-14-19(24)22-10-12-23(13-11-22)29(26,27)15-16-4-2-1-3-5-16/h1-9H,10-15H2,(H2,21,25). The van der Waals surface area contributed by atoms with Crippen LogP contribution in [-0.2, 0) is 20.6 Å². The minimum Gasteiger partial charge on any atom is -0.484 e. The van der Waals surface area contributed by atoms with Gasteiger partial charge in [-0.2, -0.15) is 4.31 Å². The Hall–Kier alpha value is -2.91. The van der Waals surface area contributed by atoms with Crippen molar-refractivity contribution < 1.29 is 22.7 Å². The van der Waals surface area contributed by atoms with Gasteiger partial charge in [-0.15, -0.1) is 0 Å². The molecule has 1 aliphatic rings. The molecular formula is C20H23N3O5S. The van der Waals surface area contributed by atoms with Crippen molar-refractivity contribution in [1.82, 2.24) is 9.21 Å². The summed E-state index contributed by atoms with van der Waals surface area (Å²) in [6, 6.07) is 15.2. The second kappa shape index (κ2) is 9.06. The molecule has 0 saturated carbocycles. The molecule has 0 aromatic heterocycles. The molecular weight excluding hydrogens is 394 g/mol. The molecule has 29 heavy (non-hydrogen) atoms. The summed E-state index contributed by atoms with van der Waals surface area (Å²) in [5.41, 5.74) is 6.28. The van der Waals surface area contributed by atoms with Crippen LogP contribution in [0, 0.1) is 0 Å². The van der Waals surface area contributed by atoms with Crippen molar-refractivity contribution in [1.29, 1.82) is 0 Å². The Labute approximate surface area is 169 Å². The first-order valence-corrected chi connectivity index (χ1v) is 10.8. The molecule has 2 amide bonds. The maximum atomic E-state index is 12.6. The van der Waals surface area contributed by atoms with Gasteiger partial charge in [-0.1, -0.05) is 30.3 Å². The van der Waals surface area contributed by atoms with Gasteiger partial charge in [0.25, 0.3) is 5.91 Å². The number of rotatable bonds is 7. The molecule has 2 aromatic rings. The lowest BCUT2D eigenvalue weighted by atomic mass is 10.2. The topological polar surface area (TPSA) is 110 Å². The average molecular weight is 417 g/mol. The summed E-state index contributed by atoms with van der Waals surface area (Å²) in [5.74, 6) is -0.351. The fourth-order valence-electron chi connectivity index (χ4n) is 3.04. The minimum atomic E-state index is -3.43. The highest BCUT2D eigenvalue weighted by Crippen LogP contribution is 2.15. The van der Waals surface area contributed by atoms with Crippen LogP contribution in [0.3, 0.4) is 0 Å². The molecule has 0 radical (unpaired) electrons. The van der Waals surface area contributed by atoms with Gasteiger partial charge in [0.2, 0.25) is 15.9 Å². The van der Waals surface area contributed by atoms with Crippen LogP contribution >= 0.6 is 0 Å². The lowest BCUT2D eigenvalue weighted by Crippen LogP contribution is -2.51. The van der Waals surface area contributed by atoms with Crippen molar-refractivity contribution in [3.63, 3.8) is 0 Å². The normalized spacial score (nSPS) is 15.1. The number of nitrogens with two attached hydrogens (primary N) is 1. The first-order chi connectivity index (χ1) is 13.8. The lowest BCUT2D eigenvalue weighted by Gasteiger charge is -2.34. The van der Waals surface area contributed by atoms with E-state index in [-0.39, 0.29) is 31.4 Å². The number of benzene rings is 2. The van der Waals surface area contributed by atoms with Crippen molar-refractivity contribution in [3.8, 4) is 5.75 Å². The fraction of sp³-hybridized carbons (Fsp3) is 0.300. The zero-order chi connectivity index (χ0) is 20.9. The van der Waals surface area contributed by atoms with E-state index in [0.717, 1.165) is 5.56 Å². The van der Waals surface area contributed by atoms with E-state index in [1.807, 2.05) is 18.2 Å². The van der Waals surface area contributed by atoms with Gasteiger partial charge in [0.1, 0.15) is 5.75 Å². The number of hydrogen-bond donors (Lipinski definition) is 1. The molecule has 1 fully saturated rings. The van der Waals surface area contributed by atoms with Crippen molar-refractivity contribution in [2.24, 2.45) is 5.73 Å². The molecule has 1 aliphatic heterocycles. The zero-order valence-electron chi connectivity index (χ0n) is 15.9. The molecule has 0 bridgehead atoms. The number of amides is 2. The van der Waals surface area contributed by atoms with E-state index in [1.165, 1.54) is 16.4 Å². The lowest BCUT2D eigenvalue weighted by molar-refractivity contribution is -0.134. The van der Waals surface area contributed by atoms with Crippen LogP contribution in [0.2, 0.25) is 0 Å². The van der Waals surface area contributed by atoms with E-state index in [4.69, 9.17) is 10.5 Å². The van der Waals surface area contributed by atoms with Gasteiger partial charge in [0.15, 0.2) is 6.61 Å². The highest BCUT2D eigenvalue weighted by molar-refractivity contribution is 7.88. The Bertz CT molecular complexity index is 953. The van der Waals surface area contributed by atoms with Crippen molar-refractivity contribution in [3.05, 3.63) is 65.7 Å². The van der Waals surface area contributed by atoms with Gasteiger partial charge in [0.05, 0.1) is 5.75 Å². The number of piperazine rings is 1. The van der Waals surface area contributed by atoms with E-state index in [9.17, 15) is 18.0 Å². The van der Waals surface area contributed by atoms with E-state index in [2.05, 4.69) is 0 Å². The van der Waals surface area contributed by atoms with Gasteiger partial charge in [-0.25, -0.2) is 8.42 Å². The predicted molar refractivity (Wildman–Crippen MR) is 108 cm³/mol. The SMILES string of the molecule is NC(=O)c1ccc(OCC(=O)N2CCN(S(=O)(=O)Cc3ccccc3)CC2)cc1. The first kappa shape index (κ1) is 20.8. The van der Waals surface area contributed by atoms with Gasteiger partial charge in [-0.3, -0.25) is 9.59 Å². The first-order valence-electron chi connectivity index (χ1n) is 9.17. The Morgan fingerprint density at radius 2 is 1.55 bits per heavy atom. The van der Waals surface area contributed by atoms with E-state index in [0.29, 0.717) is 24.4 Å². The largest absolute Gasteiger partial charge is 0.484 e. The fourth-order valence-corrected chi connectivity index (χ4v) is 4.56. The van der Waals surface area contributed by atoms with Crippen molar-refractivity contribution in [2.75, 3.05) is 32.8 Å². The Kier molecular flexibility index (Phi) is 6.50. The Morgan fingerprint density at radius 3 is 2.14 bits per heavy atom. The molecule has 154 valence electrons. The molecule has 0 unspecified atom stereocenters. The molecule has 0 spiro atoms. The number of carbonyl (C=O) groups is 2. The Morgan fingerprint density at radius 1 is 0.931 bits per heavy atom. The number of nitrogens with zero attached hydrogens (tertiary/aromatic N) is 2. The van der Waals surface area contributed by atoms with E-state index in [1.54, 1.807) is 29.2 Å².